The molecule has 1 nitrogen and oxygen atoms in total. The third kappa shape index (κ3) is 3.29. The van der Waals surface area contributed by atoms with E-state index in [9.17, 15) is 0 Å². The highest BCUT2D eigenvalue weighted by atomic mass is 15.0. The van der Waals surface area contributed by atoms with Crippen LogP contribution in [-0.2, 0) is 6.42 Å². The second-order valence-corrected chi connectivity index (χ2v) is 8.28. The summed E-state index contributed by atoms with van der Waals surface area (Å²) >= 11 is 0. The standard InChI is InChI=1S/C31H23N/c1-2-10-25(11-3-1)26-19-17-23(18-20-26)21-24-9-8-12-27(22-24)32-30-15-6-4-13-28(30)29-14-5-7-16-31(29)32/h1-20,22H,21H2. The Morgan fingerprint density at radius 1 is 0.438 bits per heavy atom. The van der Waals surface area contributed by atoms with Gasteiger partial charge in [0.05, 0.1) is 11.0 Å². The topological polar surface area (TPSA) is 4.93 Å². The number of para-hydroxylation sites is 2. The molecule has 0 saturated carbocycles. The van der Waals surface area contributed by atoms with E-state index in [1.54, 1.807) is 0 Å². The lowest BCUT2D eigenvalue weighted by Gasteiger charge is -2.10. The van der Waals surface area contributed by atoms with Crippen LogP contribution >= 0.6 is 0 Å². The molecule has 0 unspecified atom stereocenters. The van der Waals surface area contributed by atoms with E-state index < -0.39 is 0 Å². The van der Waals surface area contributed by atoms with Crippen molar-refractivity contribution in [2.75, 3.05) is 0 Å². The van der Waals surface area contributed by atoms with Crippen LogP contribution in [0.3, 0.4) is 0 Å². The van der Waals surface area contributed by atoms with Crippen LogP contribution in [0.1, 0.15) is 11.1 Å². The SMILES string of the molecule is c1ccc(-c2ccc(Cc3cccc(-n4c5ccccc5c5ccccc54)c3)cc2)cc1. The highest BCUT2D eigenvalue weighted by Gasteiger charge is 2.11. The molecule has 1 heterocycles. The minimum Gasteiger partial charge on any atom is -0.309 e. The largest absolute Gasteiger partial charge is 0.309 e. The van der Waals surface area contributed by atoms with Crippen LogP contribution < -0.4 is 0 Å². The van der Waals surface area contributed by atoms with Crippen molar-refractivity contribution in [3.8, 4) is 16.8 Å². The van der Waals surface area contributed by atoms with Gasteiger partial charge in [0.15, 0.2) is 0 Å². The number of nitrogens with zero attached hydrogens (tertiary/aromatic N) is 1. The minimum atomic E-state index is 0.917. The normalized spacial score (nSPS) is 11.2. The number of hydrogen-bond acceptors (Lipinski definition) is 0. The minimum absolute atomic E-state index is 0.917. The Hall–Kier alpha value is -4.10. The van der Waals surface area contributed by atoms with Crippen molar-refractivity contribution < 1.29 is 0 Å². The maximum Gasteiger partial charge on any atom is 0.0541 e. The molecular formula is C31H23N. The van der Waals surface area contributed by atoms with Gasteiger partial charge in [-0.25, -0.2) is 0 Å². The summed E-state index contributed by atoms with van der Waals surface area (Å²) in [6, 6.07) is 45.7. The van der Waals surface area contributed by atoms with Crippen molar-refractivity contribution in [2.45, 2.75) is 6.42 Å². The Kier molecular flexibility index (Phi) is 4.58. The van der Waals surface area contributed by atoms with Gasteiger partial charge in [0.25, 0.3) is 0 Å². The van der Waals surface area contributed by atoms with Crippen LogP contribution in [0.25, 0.3) is 38.6 Å². The molecule has 0 spiro atoms. The number of rotatable bonds is 4. The predicted octanol–water partition coefficient (Wildman–Crippen LogP) is 8.04. The van der Waals surface area contributed by atoms with Gasteiger partial charge >= 0.3 is 0 Å². The lowest BCUT2D eigenvalue weighted by atomic mass is 10.00. The molecule has 6 aromatic rings. The lowest BCUT2D eigenvalue weighted by molar-refractivity contribution is 1.14. The average Bonchev–Trinajstić information content (AvgIpc) is 3.20. The molecule has 0 atom stereocenters. The first kappa shape index (κ1) is 18.7. The zero-order valence-corrected chi connectivity index (χ0v) is 17.8. The fourth-order valence-electron chi connectivity index (χ4n) is 4.69. The molecule has 0 aliphatic rings. The zero-order chi connectivity index (χ0) is 21.3. The molecule has 0 saturated heterocycles. The fraction of sp³-hybridized carbons (Fsp3) is 0.0323. The molecular weight excluding hydrogens is 386 g/mol. The summed E-state index contributed by atoms with van der Waals surface area (Å²) < 4.78 is 2.38. The summed E-state index contributed by atoms with van der Waals surface area (Å²) in [5.41, 5.74) is 8.86. The molecule has 32 heavy (non-hydrogen) atoms. The van der Waals surface area contributed by atoms with Crippen molar-refractivity contribution in [1.29, 1.82) is 0 Å². The molecule has 0 N–H and O–H groups in total. The van der Waals surface area contributed by atoms with Gasteiger partial charge < -0.3 is 4.57 Å². The number of aromatic nitrogens is 1. The van der Waals surface area contributed by atoms with Gasteiger partial charge in [-0.15, -0.1) is 0 Å². The summed E-state index contributed by atoms with van der Waals surface area (Å²) in [5.74, 6) is 0. The number of benzene rings is 5. The van der Waals surface area contributed by atoms with E-state index in [0.717, 1.165) is 6.42 Å². The summed E-state index contributed by atoms with van der Waals surface area (Å²) in [7, 11) is 0. The van der Waals surface area contributed by atoms with E-state index in [4.69, 9.17) is 0 Å². The molecule has 0 aliphatic heterocycles. The first-order valence-corrected chi connectivity index (χ1v) is 11.1. The highest BCUT2D eigenvalue weighted by molar-refractivity contribution is 6.09. The Bertz CT molecular complexity index is 1470. The van der Waals surface area contributed by atoms with Gasteiger partial charge in [-0.2, -0.15) is 0 Å². The van der Waals surface area contributed by atoms with Gasteiger partial charge in [0.2, 0.25) is 0 Å². The van der Waals surface area contributed by atoms with Gasteiger partial charge in [-0.1, -0.05) is 103 Å². The van der Waals surface area contributed by atoms with Crippen molar-refractivity contribution >= 4 is 21.8 Å². The zero-order valence-electron chi connectivity index (χ0n) is 17.8. The molecule has 1 heteroatoms. The third-order valence-corrected chi connectivity index (χ3v) is 6.22. The molecule has 6 rings (SSSR count). The fourth-order valence-corrected chi connectivity index (χ4v) is 4.69. The van der Waals surface area contributed by atoms with Gasteiger partial charge in [0, 0.05) is 16.5 Å². The van der Waals surface area contributed by atoms with E-state index in [2.05, 4.69) is 132 Å². The molecule has 0 fully saturated rings. The Morgan fingerprint density at radius 2 is 1.03 bits per heavy atom. The Labute approximate surface area is 188 Å². The maximum atomic E-state index is 2.38. The second kappa shape index (κ2) is 7.86. The van der Waals surface area contributed by atoms with E-state index in [-0.39, 0.29) is 0 Å². The Balaban J connectivity index is 1.37. The van der Waals surface area contributed by atoms with E-state index in [1.165, 1.54) is 49.7 Å². The van der Waals surface area contributed by atoms with Crippen LogP contribution in [0.2, 0.25) is 0 Å². The van der Waals surface area contributed by atoms with E-state index in [0.29, 0.717) is 0 Å². The van der Waals surface area contributed by atoms with Crippen LogP contribution in [0.5, 0.6) is 0 Å². The van der Waals surface area contributed by atoms with Gasteiger partial charge in [-0.3, -0.25) is 0 Å². The molecule has 1 aromatic heterocycles. The summed E-state index contributed by atoms with van der Waals surface area (Å²) in [5, 5.41) is 2.59. The van der Waals surface area contributed by atoms with Crippen molar-refractivity contribution in [3.05, 3.63) is 139 Å². The van der Waals surface area contributed by atoms with Crippen molar-refractivity contribution in [1.82, 2.24) is 4.57 Å². The maximum absolute atomic E-state index is 2.38. The smallest absolute Gasteiger partial charge is 0.0541 e. The third-order valence-electron chi connectivity index (χ3n) is 6.22. The summed E-state index contributed by atoms with van der Waals surface area (Å²) in [6.45, 7) is 0. The van der Waals surface area contributed by atoms with Gasteiger partial charge in [0.1, 0.15) is 0 Å². The number of fused-ring (bicyclic) bond motifs is 3. The predicted molar refractivity (Wildman–Crippen MR) is 135 cm³/mol. The summed E-state index contributed by atoms with van der Waals surface area (Å²) in [6.07, 6.45) is 0.917. The highest BCUT2D eigenvalue weighted by Crippen LogP contribution is 2.32. The van der Waals surface area contributed by atoms with E-state index >= 15 is 0 Å². The average molecular weight is 410 g/mol. The van der Waals surface area contributed by atoms with Crippen LogP contribution in [0, 0.1) is 0 Å². The monoisotopic (exact) mass is 409 g/mol. The molecule has 0 amide bonds. The lowest BCUT2D eigenvalue weighted by Crippen LogP contribution is -1.96. The molecule has 152 valence electrons. The van der Waals surface area contributed by atoms with Crippen LogP contribution in [0.15, 0.2) is 127 Å². The van der Waals surface area contributed by atoms with Crippen LogP contribution in [-0.4, -0.2) is 4.57 Å². The first-order chi connectivity index (χ1) is 15.9. The van der Waals surface area contributed by atoms with Crippen molar-refractivity contribution in [3.63, 3.8) is 0 Å². The summed E-state index contributed by atoms with van der Waals surface area (Å²) in [4.78, 5) is 0. The first-order valence-electron chi connectivity index (χ1n) is 11.1. The molecule has 0 bridgehead atoms. The number of hydrogen-bond donors (Lipinski definition) is 0. The molecule has 0 radical (unpaired) electrons. The quantitative estimate of drug-likeness (QED) is 0.278. The van der Waals surface area contributed by atoms with Gasteiger partial charge in [-0.05, 0) is 52.9 Å². The van der Waals surface area contributed by atoms with Crippen molar-refractivity contribution in [2.24, 2.45) is 0 Å². The van der Waals surface area contributed by atoms with Crippen LogP contribution in [0.4, 0.5) is 0 Å². The molecule has 0 aliphatic carbocycles. The van der Waals surface area contributed by atoms with E-state index in [1.807, 2.05) is 0 Å². The molecule has 5 aromatic carbocycles. The Morgan fingerprint density at radius 3 is 1.72 bits per heavy atom. The second-order valence-electron chi connectivity index (χ2n) is 8.28.